The molecule has 0 aliphatic carbocycles. The average molecular weight is 480 g/mol. The minimum Gasteiger partial charge on any atom is -0.497 e. The third-order valence-corrected chi connectivity index (χ3v) is 7.01. The molecule has 2 N–H and O–H groups in total. The molecule has 2 aromatic carbocycles. The zero-order valence-corrected chi connectivity index (χ0v) is 21.0. The van der Waals surface area contributed by atoms with E-state index in [4.69, 9.17) is 4.74 Å². The van der Waals surface area contributed by atoms with Gasteiger partial charge in [0.1, 0.15) is 5.75 Å². The predicted molar refractivity (Wildman–Crippen MR) is 139 cm³/mol. The van der Waals surface area contributed by atoms with Crippen molar-refractivity contribution in [3.8, 4) is 5.75 Å². The zero-order valence-electron chi connectivity index (χ0n) is 21.0. The maximum absolute atomic E-state index is 12.5. The summed E-state index contributed by atoms with van der Waals surface area (Å²) in [6.45, 7) is 10.2. The van der Waals surface area contributed by atoms with Crippen molar-refractivity contribution in [1.29, 1.82) is 0 Å². The molecule has 0 saturated carbocycles. The van der Waals surface area contributed by atoms with Crippen molar-refractivity contribution in [2.45, 2.75) is 32.7 Å². The third-order valence-electron chi connectivity index (χ3n) is 7.01. The Labute approximate surface area is 208 Å². The van der Waals surface area contributed by atoms with Crippen molar-refractivity contribution in [3.05, 3.63) is 53.6 Å². The highest BCUT2D eigenvalue weighted by atomic mass is 16.5. The van der Waals surface area contributed by atoms with Crippen LogP contribution in [-0.4, -0.2) is 75.8 Å². The second kappa shape index (κ2) is 11.4. The van der Waals surface area contributed by atoms with Crippen molar-refractivity contribution in [2.75, 3.05) is 62.7 Å². The molecule has 35 heavy (non-hydrogen) atoms. The van der Waals surface area contributed by atoms with Gasteiger partial charge < -0.3 is 25.2 Å². The van der Waals surface area contributed by atoms with Crippen LogP contribution in [0.5, 0.6) is 5.75 Å². The summed E-state index contributed by atoms with van der Waals surface area (Å²) < 4.78 is 5.24. The van der Waals surface area contributed by atoms with Gasteiger partial charge in [-0.3, -0.25) is 9.69 Å². The van der Waals surface area contributed by atoms with Gasteiger partial charge in [0.15, 0.2) is 0 Å². The standard InChI is InChI=1S/C27H37N5O3/c1-20-5-6-24(17-21(20)2)32-19-22(18-26(32)33)29-27(34)28-11-4-12-30-13-15-31(16-14-30)23-7-9-25(35-3)10-8-23/h5-10,17,22H,4,11-16,18-19H2,1-3H3,(H2,28,29,34). The van der Waals surface area contributed by atoms with E-state index in [0.29, 0.717) is 19.5 Å². The number of urea groups is 1. The topological polar surface area (TPSA) is 77.1 Å². The predicted octanol–water partition coefficient (Wildman–Crippen LogP) is 2.93. The molecule has 2 aromatic rings. The molecule has 0 aromatic heterocycles. The fourth-order valence-corrected chi connectivity index (χ4v) is 4.71. The number of benzene rings is 2. The number of carbonyl (C=O) groups excluding carboxylic acids is 2. The van der Waals surface area contributed by atoms with Crippen LogP contribution in [-0.2, 0) is 4.79 Å². The van der Waals surface area contributed by atoms with Gasteiger partial charge in [-0.15, -0.1) is 0 Å². The molecule has 188 valence electrons. The summed E-state index contributed by atoms with van der Waals surface area (Å²) in [4.78, 5) is 31.4. The van der Waals surface area contributed by atoms with Crippen LogP contribution in [0.3, 0.4) is 0 Å². The van der Waals surface area contributed by atoms with Gasteiger partial charge in [-0.05, 0) is 74.3 Å². The van der Waals surface area contributed by atoms with Crippen molar-refractivity contribution < 1.29 is 14.3 Å². The summed E-state index contributed by atoms with van der Waals surface area (Å²) in [6, 6.07) is 13.9. The second-order valence-corrected chi connectivity index (χ2v) is 9.45. The molecule has 1 atom stereocenters. The minimum absolute atomic E-state index is 0.0485. The first-order valence-electron chi connectivity index (χ1n) is 12.5. The van der Waals surface area contributed by atoms with Crippen molar-refractivity contribution in [1.82, 2.24) is 15.5 Å². The van der Waals surface area contributed by atoms with Crippen LogP contribution < -0.4 is 25.2 Å². The van der Waals surface area contributed by atoms with Crippen LogP contribution in [0.15, 0.2) is 42.5 Å². The molecule has 3 amide bonds. The Morgan fingerprint density at radius 2 is 1.71 bits per heavy atom. The van der Waals surface area contributed by atoms with Crippen molar-refractivity contribution in [2.24, 2.45) is 0 Å². The highest BCUT2D eigenvalue weighted by Gasteiger charge is 2.31. The normalized spacial score (nSPS) is 18.6. The van der Waals surface area contributed by atoms with Crippen molar-refractivity contribution >= 4 is 23.3 Å². The number of ether oxygens (including phenoxy) is 1. The highest BCUT2D eigenvalue weighted by Crippen LogP contribution is 2.24. The smallest absolute Gasteiger partial charge is 0.315 e. The quantitative estimate of drug-likeness (QED) is 0.570. The van der Waals surface area contributed by atoms with Crippen molar-refractivity contribution in [3.63, 3.8) is 0 Å². The molecule has 0 spiro atoms. The maximum Gasteiger partial charge on any atom is 0.315 e. The van der Waals surface area contributed by atoms with Crippen LogP contribution in [0.1, 0.15) is 24.0 Å². The van der Waals surface area contributed by atoms with E-state index in [2.05, 4.69) is 39.5 Å². The summed E-state index contributed by atoms with van der Waals surface area (Å²) in [5, 5.41) is 5.92. The number of hydrogen-bond acceptors (Lipinski definition) is 5. The van der Waals surface area contributed by atoms with E-state index < -0.39 is 0 Å². The van der Waals surface area contributed by atoms with Crippen LogP contribution >= 0.6 is 0 Å². The molecular formula is C27H37N5O3. The van der Waals surface area contributed by atoms with Crippen LogP contribution in [0.25, 0.3) is 0 Å². The van der Waals surface area contributed by atoms with Crippen LogP contribution in [0.4, 0.5) is 16.2 Å². The Bertz CT molecular complexity index is 1020. The minimum atomic E-state index is -0.200. The first-order valence-corrected chi connectivity index (χ1v) is 12.5. The molecule has 4 rings (SSSR count). The molecule has 8 heteroatoms. The average Bonchev–Trinajstić information content (AvgIpc) is 3.23. The maximum atomic E-state index is 12.5. The van der Waals surface area contributed by atoms with Gasteiger partial charge in [0.2, 0.25) is 5.91 Å². The van der Waals surface area contributed by atoms with Crippen LogP contribution in [0, 0.1) is 13.8 Å². The molecule has 8 nitrogen and oxygen atoms in total. The van der Waals surface area contributed by atoms with E-state index in [9.17, 15) is 9.59 Å². The number of nitrogens with one attached hydrogen (secondary N) is 2. The molecule has 1 unspecified atom stereocenters. The lowest BCUT2D eigenvalue weighted by atomic mass is 10.1. The number of rotatable bonds is 8. The van der Waals surface area contributed by atoms with E-state index in [-0.39, 0.29) is 18.0 Å². The van der Waals surface area contributed by atoms with Crippen LogP contribution in [0.2, 0.25) is 0 Å². The Morgan fingerprint density at radius 1 is 1.00 bits per heavy atom. The molecule has 2 aliphatic rings. The monoisotopic (exact) mass is 479 g/mol. The fraction of sp³-hybridized carbons (Fsp3) is 0.481. The second-order valence-electron chi connectivity index (χ2n) is 9.45. The van der Waals surface area contributed by atoms with E-state index in [0.717, 1.165) is 56.1 Å². The molecule has 0 bridgehead atoms. The van der Waals surface area contributed by atoms with Gasteiger partial charge in [0, 0.05) is 57.1 Å². The summed E-state index contributed by atoms with van der Waals surface area (Å²) in [6.07, 6.45) is 1.23. The number of aryl methyl sites for hydroxylation is 2. The Hall–Kier alpha value is -3.26. The zero-order chi connectivity index (χ0) is 24.8. The number of amides is 3. The summed E-state index contributed by atoms with van der Waals surface area (Å²) >= 11 is 0. The van der Waals surface area contributed by atoms with Gasteiger partial charge in [-0.25, -0.2) is 4.79 Å². The number of methoxy groups -OCH3 is 1. The number of carbonyl (C=O) groups is 2. The Morgan fingerprint density at radius 3 is 2.40 bits per heavy atom. The molecule has 0 radical (unpaired) electrons. The Kier molecular flexibility index (Phi) is 8.13. The number of piperazine rings is 1. The molecular weight excluding hydrogens is 442 g/mol. The third kappa shape index (κ3) is 6.45. The SMILES string of the molecule is COc1ccc(N2CCN(CCCNC(=O)NC3CC(=O)N(c4ccc(C)c(C)c4)C3)CC2)cc1. The molecule has 2 heterocycles. The lowest BCUT2D eigenvalue weighted by molar-refractivity contribution is -0.117. The molecule has 2 saturated heterocycles. The van der Waals surface area contributed by atoms with Gasteiger partial charge in [0.25, 0.3) is 0 Å². The molecule has 2 aliphatic heterocycles. The molecule has 2 fully saturated rings. The number of hydrogen-bond donors (Lipinski definition) is 2. The lowest BCUT2D eigenvalue weighted by Gasteiger charge is -2.36. The van der Waals surface area contributed by atoms with E-state index in [1.54, 1.807) is 12.0 Å². The lowest BCUT2D eigenvalue weighted by Crippen LogP contribution is -2.47. The number of anilines is 2. The first-order chi connectivity index (χ1) is 16.9. The van der Waals surface area contributed by atoms with E-state index in [1.165, 1.54) is 11.3 Å². The fourth-order valence-electron chi connectivity index (χ4n) is 4.71. The summed E-state index contributed by atoms with van der Waals surface area (Å²) in [5.41, 5.74) is 4.49. The Balaban J connectivity index is 1.12. The van der Waals surface area contributed by atoms with E-state index in [1.807, 2.05) is 37.3 Å². The summed E-state index contributed by atoms with van der Waals surface area (Å²) in [5.74, 6) is 0.925. The number of nitrogens with zero attached hydrogens (tertiary/aromatic N) is 3. The highest BCUT2D eigenvalue weighted by molar-refractivity contribution is 5.96. The van der Waals surface area contributed by atoms with Gasteiger partial charge in [0.05, 0.1) is 13.2 Å². The van der Waals surface area contributed by atoms with E-state index >= 15 is 0 Å². The van der Waals surface area contributed by atoms with Gasteiger partial charge in [-0.2, -0.15) is 0 Å². The summed E-state index contributed by atoms with van der Waals surface area (Å²) in [7, 11) is 1.68. The van der Waals surface area contributed by atoms with Gasteiger partial charge >= 0.3 is 6.03 Å². The van der Waals surface area contributed by atoms with Gasteiger partial charge in [-0.1, -0.05) is 6.07 Å². The largest absolute Gasteiger partial charge is 0.497 e. The first kappa shape index (κ1) is 24.9.